The number of nitrogens with zero attached hydrogens (tertiary/aromatic N) is 1. The van der Waals surface area contributed by atoms with Crippen molar-refractivity contribution in [3.63, 3.8) is 0 Å². The van der Waals surface area contributed by atoms with Gasteiger partial charge in [-0.15, -0.1) is 0 Å². The van der Waals surface area contributed by atoms with Crippen LogP contribution in [-0.2, 0) is 20.0 Å². The van der Waals surface area contributed by atoms with E-state index in [0.29, 0.717) is 0 Å². The van der Waals surface area contributed by atoms with E-state index < -0.39 is 0 Å². The number of nitrogens with one attached hydrogen (secondary N) is 1. The number of aromatic nitrogens is 1. The minimum absolute atomic E-state index is 0.925. The first-order valence-corrected chi connectivity index (χ1v) is 7.03. The first-order valence-electron chi connectivity index (χ1n) is 7.03. The van der Waals surface area contributed by atoms with Crippen LogP contribution >= 0.6 is 0 Å². The van der Waals surface area contributed by atoms with Gasteiger partial charge in [-0.25, -0.2) is 0 Å². The zero-order valence-corrected chi connectivity index (χ0v) is 12.1. The molecule has 2 aromatic carbocycles. The predicted octanol–water partition coefficient (Wildman–Crippen LogP) is 3.49. The summed E-state index contributed by atoms with van der Waals surface area (Å²) in [5.41, 5.74) is 5.38. The van der Waals surface area contributed by atoms with Crippen LogP contribution in [0.4, 0.5) is 0 Å². The van der Waals surface area contributed by atoms with Gasteiger partial charge in [0.2, 0.25) is 0 Å². The lowest BCUT2D eigenvalue weighted by atomic mass is 10.0. The lowest BCUT2D eigenvalue weighted by Crippen LogP contribution is -2.04. The predicted molar refractivity (Wildman–Crippen MR) is 84.9 cm³/mol. The van der Waals surface area contributed by atoms with Gasteiger partial charge in [0, 0.05) is 30.7 Å². The van der Waals surface area contributed by atoms with Gasteiger partial charge in [-0.1, -0.05) is 42.5 Å². The quantitative estimate of drug-likeness (QED) is 0.763. The fraction of sp³-hybridized carbons (Fsp3) is 0.222. The molecule has 1 N–H and O–H groups in total. The molecule has 20 heavy (non-hydrogen) atoms. The topological polar surface area (TPSA) is 17.0 Å². The third-order valence-corrected chi connectivity index (χ3v) is 3.78. The standard InChI is InChI=1S/C18H20N2/c1-19-12-15-9-7-14(8-10-15)11-16-13-20(2)18-6-4-3-5-17(16)18/h3-10,13,19H,11-12H2,1-2H3. The summed E-state index contributed by atoms with van der Waals surface area (Å²) >= 11 is 0. The first-order chi connectivity index (χ1) is 9.78. The van der Waals surface area contributed by atoms with Crippen LogP contribution < -0.4 is 5.32 Å². The normalized spacial score (nSPS) is 11.1. The molecule has 102 valence electrons. The molecule has 1 aromatic heterocycles. The molecule has 0 amide bonds. The fourth-order valence-electron chi connectivity index (χ4n) is 2.77. The Morgan fingerprint density at radius 1 is 0.950 bits per heavy atom. The van der Waals surface area contributed by atoms with Crippen molar-refractivity contribution in [1.82, 2.24) is 9.88 Å². The molecule has 0 radical (unpaired) electrons. The molecule has 0 aliphatic heterocycles. The van der Waals surface area contributed by atoms with E-state index in [1.807, 2.05) is 7.05 Å². The highest BCUT2D eigenvalue weighted by atomic mass is 14.9. The second-order valence-electron chi connectivity index (χ2n) is 5.31. The van der Waals surface area contributed by atoms with Crippen molar-refractivity contribution in [3.05, 3.63) is 71.4 Å². The van der Waals surface area contributed by atoms with Crippen LogP contribution in [-0.4, -0.2) is 11.6 Å². The molecule has 2 heteroatoms. The largest absolute Gasteiger partial charge is 0.350 e. The molecule has 0 bridgehead atoms. The minimum atomic E-state index is 0.925. The van der Waals surface area contributed by atoms with Crippen LogP contribution in [0.3, 0.4) is 0 Å². The summed E-state index contributed by atoms with van der Waals surface area (Å²) in [5, 5.41) is 4.53. The maximum Gasteiger partial charge on any atom is 0.0480 e. The minimum Gasteiger partial charge on any atom is -0.350 e. The van der Waals surface area contributed by atoms with E-state index >= 15 is 0 Å². The van der Waals surface area contributed by atoms with Gasteiger partial charge in [-0.3, -0.25) is 0 Å². The molecular weight excluding hydrogens is 244 g/mol. The fourth-order valence-corrected chi connectivity index (χ4v) is 2.77. The lowest BCUT2D eigenvalue weighted by Gasteiger charge is -2.03. The van der Waals surface area contributed by atoms with Crippen molar-refractivity contribution >= 4 is 10.9 Å². The average molecular weight is 264 g/mol. The number of hydrogen-bond donors (Lipinski definition) is 1. The number of benzene rings is 2. The Morgan fingerprint density at radius 3 is 2.40 bits per heavy atom. The van der Waals surface area contributed by atoms with Gasteiger partial charge in [0.15, 0.2) is 0 Å². The average Bonchev–Trinajstić information content (AvgIpc) is 2.79. The molecule has 0 atom stereocenters. The monoisotopic (exact) mass is 264 g/mol. The second-order valence-corrected chi connectivity index (χ2v) is 5.31. The Balaban J connectivity index is 1.89. The van der Waals surface area contributed by atoms with E-state index in [9.17, 15) is 0 Å². The summed E-state index contributed by atoms with van der Waals surface area (Å²) in [6, 6.07) is 17.5. The smallest absolute Gasteiger partial charge is 0.0480 e. The van der Waals surface area contributed by atoms with Gasteiger partial charge >= 0.3 is 0 Å². The third-order valence-electron chi connectivity index (χ3n) is 3.78. The number of aryl methyl sites for hydroxylation is 1. The van der Waals surface area contributed by atoms with Crippen molar-refractivity contribution in [2.24, 2.45) is 7.05 Å². The van der Waals surface area contributed by atoms with E-state index in [1.165, 1.54) is 27.6 Å². The first kappa shape index (κ1) is 12.9. The van der Waals surface area contributed by atoms with E-state index in [2.05, 4.69) is 71.7 Å². The molecule has 0 unspecified atom stereocenters. The highest BCUT2D eigenvalue weighted by Gasteiger charge is 2.06. The third kappa shape index (κ3) is 2.47. The lowest BCUT2D eigenvalue weighted by molar-refractivity contribution is 0.817. The maximum atomic E-state index is 3.18. The van der Waals surface area contributed by atoms with Gasteiger partial charge in [0.25, 0.3) is 0 Å². The molecule has 3 aromatic rings. The van der Waals surface area contributed by atoms with Crippen molar-refractivity contribution < 1.29 is 0 Å². The van der Waals surface area contributed by atoms with Gasteiger partial charge in [-0.2, -0.15) is 0 Å². The van der Waals surface area contributed by atoms with Crippen molar-refractivity contribution in [2.75, 3.05) is 7.05 Å². The van der Waals surface area contributed by atoms with Gasteiger partial charge in [0.05, 0.1) is 0 Å². The number of para-hydroxylation sites is 1. The maximum absolute atomic E-state index is 3.18. The van der Waals surface area contributed by atoms with Crippen LogP contribution in [0.15, 0.2) is 54.7 Å². The molecule has 1 heterocycles. The zero-order chi connectivity index (χ0) is 13.9. The number of rotatable bonds is 4. The van der Waals surface area contributed by atoms with Crippen LogP contribution in [0.1, 0.15) is 16.7 Å². The molecule has 0 spiro atoms. The highest BCUT2D eigenvalue weighted by Crippen LogP contribution is 2.23. The summed E-state index contributed by atoms with van der Waals surface area (Å²) in [4.78, 5) is 0. The summed E-state index contributed by atoms with van der Waals surface area (Å²) in [5.74, 6) is 0. The van der Waals surface area contributed by atoms with E-state index in [1.54, 1.807) is 0 Å². The highest BCUT2D eigenvalue weighted by molar-refractivity contribution is 5.84. The Morgan fingerprint density at radius 2 is 1.65 bits per heavy atom. The summed E-state index contributed by atoms with van der Waals surface area (Å²) in [6.07, 6.45) is 3.23. The molecular formula is C18H20N2. The van der Waals surface area contributed by atoms with E-state index in [-0.39, 0.29) is 0 Å². The molecule has 3 rings (SSSR count). The molecule has 0 aliphatic rings. The number of fused-ring (bicyclic) bond motifs is 1. The van der Waals surface area contributed by atoms with Crippen molar-refractivity contribution in [2.45, 2.75) is 13.0 Å². The summed E-state index contributed by atoms with van der Waals surface area (Å²) in [7, 11) is 4.09. The molecule has 0 aliphatic carbocycles. The Labute approximate surface area is 120 Å². The molecule has 0 fully saturated rings. The van der Waals surface area contributed by atoms with Crippen molar-refractivity contribution in [3.8, 4) is 0 Å². The second kappa shape index (κ2) is 5.51. The van der Waals surface area contributed by atoms with E-state index in [4.69, 9.17) is 0 Å². The Bertz CT molecular complexity index is 708. The number of hydrogen-bond acceptors (Lipinski definition) is 1. The van der Waals surface area contributed by atoms with Crippen LogP contribution in [0.5, 0.6) is 0 Å². The van der Waals surface area contributed by atoms with Crippen LogP contribution in [0, 0.1) is 0 Å². The van der Waals surface area contributed by atoms with Gasteiger partial charge < -0.3 is 9.88 Å². The molecule has 0 saturated carbocycles. The van der Waals surface area contributed by atoms with Crippen LogP contribution in [0.25, 0.3) is 10.9 Å². The van der Waals surface area contributed by atoms with Crippen LogP contribution in [0.2, 0.25) is 0 Å². The molecule has 0 saturated heterocycles. The Kier molecular flexibility index (Phi) is 3.57. The zero-order valence-electron chi connectivity index (χ0n) is 12.1. The SMILES string of the molecule is CNCc1ccc(Cc2cn(C)c3ccccc23)cc1. The summed E-state index contributed by atoms with van der Waals surface area (Å²) < 4.78 is 2.21. The summed E-state index contributed by atoms with van der Waals surface area (Å²) in [6.45, 7) is 0.925. The van der Waals surface area contributed by atoms with E-state index in [0.717, 1.165) is 13.0 Å². The van der Waals surface area contributed by atoms with Gasteiger partial charge in [-0.05, 0) is 36.2 Å². The Hall–Kier alpha value is -2.06. The van der Waals surface area contributed by atoms with Crippen molar-refractivity contribution in [1.29, 1.82) is 0 Å². The van der Waals surface area contributed by atoms with Gasteiger partial charge in [0.1, 0.15) is 0 Å². The molecule has 2 nitrogen and oxygen atoms in total.